The Bertz CT molecular complexity index is 979. The van der Waals surface area contributed by atoms with Gasteiger partial charge < -0.3 is 20.3 Å². The highest BCUT2D eigenvalue weighted by molar-refractivity contribution is 6.07. The first kappa shape index (κ1) is 30.9. The van der Waals surface area contributed by atoms with Crippen LogP contribution in [0.2, 0.25) is 0 Å². The van der Waals surface area contributed by atoms with E-state index in [0.29, 0.717) is 11.4 Å². The molecular weight excluding hydrogens is 489 g/mol. The smallest absolute Gasteiger partial charge is 0.455 e. The largest absolute Gasteiger partial charge is 0.486 e. The number of nitrogens with one attached hydrogen (secondary N) is 2. The van der Waals surface area contributed by atoms with Crippen LogP contribution in [0.25, 0.3) is 0 Å². The van der Waals surface area contributed by atoms with Crippen LogP contribution in [0.1, 0.15) is 40.2 Å². The Kier molecular flexibility index (Phi) is 10.0. The molecule has 12 heteroatoms. The molecule has 0 saturated heterocycles. The van der Waals surface area contributed by atoms with Crippen LogP contribution >= 0.6 is 0 Å². The van der Waals surface area contributed by atoms with Crippen molar-refractivity contribution in [2.75, 3.05) is 18.0 Å². The van der Waals surface area contributed by atoms with Crippen molar-refractivity contribution < 1.29 is 41.1 Å². The molecule has 1 heterocycles. The zero-order valence-corrected chi connectivity index (χ0v) is 21.1. The van der Waals surface area contributed by atoms with E-state index in [2.05, 4.69) is 11.9 Å². The van der Waals surface area contributed by atoms with Gasteiger partial charge in [-0.3, -0.25) is 14.4 Å². The van der Waals surface area contributed by atoms with Gasteiger partial charge in [-0.2, -0.15) is 22.0 Å². The van der Waals surface area contributed by atoms with Crippen LogP contribution in [0.15, 0.2) is 30.9 Å². The highest BCUT2D eigenvalue weighted by atomic mass is 19.4. The molecule has 0 aliphatic carbocycles. The number of rotatable bonds is 6. The topological polar surface area (TPSA) is 87.7 Å². The lowest BCUT2D eigenvalue weighted by Crippen LogP contribution is -2.59. The Labute approximate surface area is 207 Å². The van der Waals surface area contributed by atoms with Crippen LogP contribution in [0, 0.1) is 12.3 Å². The van der Waals surface area contributed by atoms with Gasteiger partial charge >= 0.3 is 12.1 Å². The van der Waals surface area contributed by atoms with Crippen LogP contribution in [0.5, 0.6) is 5.75 Å². The fourth-order valence-corrected chi connectivity index (χ4v) is 3.14. The van der Waals surface area contributed by atoms with Gasteiger partial charge in [0.1, 0.15) is 23.3 Å². The zero-order valence-electron chi connectivity index (χ0n) is 21.1. The lowest BCUT2D eigenvalue weighted by molar-refractivity contribution is -0.278. The number of likely N-dealkylation sites (N-methyl/N-ethyl adjacent to an activating group) is 1. The monoisotopic (exact) mass is 521 g/mol. The molecule has 2 rings (SSSR count). The molecule has 1 aromatic carbocycles. The normalized spacial score (nSPS) is 18.1. The Morgan fingerprint density at radius 3 is 2.22 bits per heavy atom. The van der Waals surface area contributed by atoms with Crippen molar-refractivity contribution in [1.82, 2.24) is 10.6 Å². The van der Waals surface area contributed by atoms with Crippen molar-refractivity contribution in [3.63, 3.8) is 0 Å². The molecule has 2 N–H and O–H groups in total. The fourth-order valence-electron chi connectivity index (χ4n) is 3.14. The van der Waals surface area contributed by atoms with E-state index in [0.717, 1.165) is 19.4 Å². The maximum absolute atomic E-state index is 13.2. The van der Waals surface area contributed by atoms with Gasteiger partial charge in [0.25, 0.3) is 5.91 Å². The Morgan fingerprint density at radius 2 is 1.72 bits per heavy atom. The molecule has 0 spiro atoms. The molecule has 2 atom stereocenters. The van der Waals surface area contributed by atoms with Crippen molar-refractivity contribution >= 4 is 23.4 Å². The molecule has 1 aromatic rings. The van der Waals surface area contributed by atoms with E-state index in [-0.39, 0.29) is 6.54 Å². The van der Waals surface area contributed by atoms with Gasteiger partial charge in [0, 0.05) is 6.54 Å². The predicted octanol–water partition coefficient (Wildman–Crippen LogP) is 4.15. The SMILES string of the molecule is C=CC.CCN1C(=O)C(NC(=O)C(C)(C)C(=O)NCC(F)(F)C(F)(F)F)C(C)Oc2ccc(C)cc21. The quantitative estimate of drug-likeness (QED) is 0.335. The predicted molar refractivity (Wildman–Crippen MR) is 125 cm³/mol. The number of allylic oxidation sites excluding steroid dienone is 1. The van der Waals surface area contributed by atoms with Crippen LogP contribution in [-0.2, 0) is 14.4 Å². The third kappa shape index (κ3) is 6.94. The number of fused-ring (bicyclic) bond motifs is 1. The molecule has 2 unspecified atom stereocenters. The van der Waals surface area contributed by atoms with Crippen LogP contribution in [-0.4, -0.2) is 55.1 Å². The van der Waals surface area contributed by atoms with Crippen LogP contribution in [0.4, 0.5) is 27.6 Å². The average Bonchev–Trinajstić information content (AvgIpc) is 2.85. The van der Waals surface area contributed by atoms with E-state index in [9.17, 15) is 36.3 Å². The molecule has 1 aliphatic rings. The number of benzene rings is 1. The highest BCUT2D eigenvalue weighted by Crippen LogP contribution is 2.36. The number of amides is 3. The lowest BCUT2D eigenvalue weighted by Gasteiger charge is -2.30. The fraction of sp³-hybridized carbons (Fsp3) is 0.542. The van der Waals surface area contributed by atoms with Gasteiger partial charge in [-0.25, -0.2) is 0 Å². The average molecular weight is 522 g/mol. The minimum absolute atomic E-state index is 0.244. The van der Waals surface area contributed by atoms with Gasteiger partial charge in [0.05, 0.1) is 12.2 Å². The van der Waals surface area contributed by atoms with E-state index in [1.54, 1.807) is 31.2 Å². The summed E-state index contributed by atoms with van der Waals surface area (Å²) in [6, 6.07) is 3.96. The molecule has 1 aliphatic heterocycles. The summed E-state index contributed by atoms with van der Waals surface area (Å²) in [6.45, 7) is 10.6. The second-order valence-corrected chi connectivity index (χ2v) is 8.75. The third-order valence-corrected chi connectivity index (χ3v) is 5.34. The molecule has 0 aromatic heterocycles. The maximum Gasteiger partial charge on any atom is 0.455 e. The summed E-state index contributed by atoms with van der Waals surface area (Å²) < 4.78 is 69.1. The van der Waals surface area contributed by atoms with Crippen LogP contribution < -0.4 is 20.3 Å². The molecule has 0 bridgehead atoms. The number of halogens is 5. The van der Waals surface area contributed by atoms with E-state index < -0.39 is 53.9 Å². The summed E-state index contributed by atoms with van der Waals surface area (Å²) in [5.74, 6) is -7.68. The van der Waals surface area contributed by atoms with Gasteiger partial charge in [0.2, 0.25) is 11.8 Å². The van der Waals surface area contributed by atoms with Gasteiger partial charge in [-0.05, 0) is 59.2 Å². The number of hydrogen-bond donors (Lipinski definition) is 2. The number of aryl methyl sites for hydroxylation is 1. The van der Waals surface area contributed by atoms with E-state index >= 15 is 0 Å². The Hall–Kier alpha value is -3.18. The number of carbonyl (C=O) groups excluding carboxylic acids is 3. The summed E-state index contributed by atoms with van der Waals surface area (Å²) in [6.07, 6.45) is -4.98. The van der Waals surface area contributed by atoms with Crippen molar-refractivity contribution in [2.24, 2.45) is 5.41 Å². The molecular formula is C24H32F5N3O4. The first-order valence-electron chi connectivity index (χ1n) is 11.1. The zero-order chi connectivity index (χ0) is 28.1. The number of anilines is 1. The number of hydrogen-bond acceptors (Lipinski definition) is 4. The second-order valence-electron chi connectivity index (χ2n) is 8.75. The molecule has 7 nitrogen and oxygen atoms in total. The molecule has 36 heavy (non-hydrogen) atoms. The molecule has 0 saturated carbocycles. The summed E-state index contributed by atoms with van der Waals surface area (Å²) in [4.78, 5) is 39.7. The minimum atomic E-state index is -5.86. The standard InChI is InChI=1S/C21H26F5N3O4.C3H6/c1-6-29-13-9-11(2)7-8-14(13)33-12(3)15(16(29)30)28-18(32)19(4,5)17(31)27-10-20(22,23)21(24,25)26;1-3-2/h7-9,12,15H,6,10H2,1-5H3,(H,27,31)(H,28,32);3H,1H2,2H3. The van der Waals surface area contributed by atoms with Gasteiger partial charge in [0.15, 0.2) is 0 Å². The summed E-state index contributed by atoms with van der Waals surface area (Å²) in [5.41, 5.74) is -0.696. The van der Waals surface area contributed by atoms with E-state index in [1.165, 1.54) is 17.1 Å². The maximum atomic E-state index is 13.2. The third-order valence-electron chi connectivity index (χ3n) is 5.34. The summed E-state index contributed by atoms with van der Waals surface area (Å²) in [7, 11) is 0. The summed E-state index contributed by atoms with van der Waals surface area (Å²) >= 11 is 0. The second kappa shape index (κ2) is 11.7. The van der Waals surface area contributed by atoms with Crippen molar-refractivity contribution in [2.45, 2.75) is 65.8 Å². The Balaban J connectivity index is 0.00000205. The lowest BCUT2D eigenvalue weighted by atomic mass is 9.90. The summed E-state index contributed by atoms with van der Waals surface area (Å²) in [5, 5.41) is 3.86. The molecule has 3 amide bonds. The minimum Gasteiger partial charge on any atom is -0.486 e. The number of alkyl halides is 5. The van der Waals surface area contributed by atoms with Gasteiger partial charge in [-0.1, -0.05) is 12.1 Å². The van der Waals surface area contributed by atoms with Gasteiger partial charge in [-0.15, -0.1) is 6.58 Å². The van der Waals surface area contributed by atoms with E-state index in [1.807, 2.05) is 13.8 Å². The van der Waals surface area contributed by atoms with Crippen LogP contribution in [0.3, 0.4) is 0 Å². The van der Waals surface area contributed by atoms with Crippen molar-refractivity contribution in [3.05, 3.63) is 36.4 Å². The molecule has 0 fully saturated rings. The highest BCUT2D eigenvalue weighted by Gasteiger charge is 2.57. The van der Waals surface area contributed by atoms with E-state index in [4.69, 9.17) is 4.74 Å². The first-order valence-corrected chi connectivity index (χ1v) is 11.1. The molecule has 0 radical (unpaired) electrons. The number of nitrogens with zero attached hydrogens (tertiary/aromatic N) is 1. The Morgan fingerprint density at radius 1 is 1.17 bits per heavy atom. The van der Waals surface area contributed by atoms with Crippen molar-refractivity contribution in [1.29, 1.82) is 0 Å². The molecule has 202 valence electrons. The number of ether oxygens (including phenoxy) is 1. The first-order chi connectivity index (χ1) is 16.4. The number of carbonyl (C=O) groups is 3. The van der Waals surface area contributed by atoms with Crippen molar-refractivity contribution in [3.8, 4) is 5.75 Å².